The largest absolute Gasteiger partial charge is 0.320 e. The minimum atomic E-state index is -0.279. The number of para-hydroxylation sites is 1. The van der Waals surface area contributed by atoms with Gasteiger partial charge in [-0.15, -0.1) is 11.3 Å². The Kier molecular flexibility index (Phi) is 5.09. The predicted octanol–water partition coefficient (Wildman–Crippen LogP) is 3.18. The number of thiazole rings is 1. The van der Waals surface area contributed by atoms with Crippen LogP contribution in [-0.4, -0.2) is 25.2 Å². The molecule has 0 bridgehead atoms. The molecule has 4 rings (SSSR count). The summed E-state index contributed by atoms with van der Waals surface area (Å²) in [6.07, 6.45) is 3.54. The third-order valence-corrected chi connectivity index (χ3v) is 5.56. The van der Waals surface area contributed by atoms with Gasteiger partial charge in [0, 0.05) is 30.4 Å². The summed E-state index contributed by atoms with van der Waals surface area (Å²) in [5.41, 5.74) is 3.01. The van der Waals surface area contributed by atoms with E-state index in [-0.39, 0.29) is 23.6 Å². The number of anilines is 1. The summed E-state index contributed by atoms with van der Waals surface area (Å²) < 4.78 is 3.27. The van der Waals surface area contributed by atoms with E-state index >= 15 is 0 Å². The second-order valence-corrected chi connectivity index (χ2v) is 7.41. The fraction of sp³-hybridized carbons (Fsp3) is 0.143. The molecule has 0 aliphatic carbocycles. The molecule has 3 heterocycles. The van der Waals surface area contributed by atoms with E-state index in [0.717, 1.165) is 16.3 Å². The lowest BCUT2D eigenvalue weighted by Crippen LogP contribution is -2.23. The monoisotopic (exact) mass is 405 g/mol. The Labute approximate surface area is 171 Å². The van der Waals surface area contributed by atoms with Crippen LogP contribution in [0.1, 0.15) is 11.4 Å². The van der Waals surface area contributed by atoms with Gasteiger partial charge in [-0.05, 0) is 31.2 Å². The number of carbonyl (C=O) groups is 1. The molecule has 146 valence electrons. The summed E-state index contributed by atoms with van der Waals surface area (Å²) in [6.45, 7) is 1.81. The highest BCUT2D eigenvalue weighted by Crippen LogP contribution is 2.23. The Morgan fingerprint density at radius 1 is 1.17 bits per heavy atom. The fourth-order valence-corrected chi connectivity index (χ4v) is 3.88. The zero-order valence-corrected chi connectivity index (χ0v) is 16.8. The number of pyridine rings is 1. The maximum absolute atomic E-state index is 12.9. The Bertz CT molecular complexity index is 1210. The number of nitrogens with zero attached hydrogens (tertiary/aromatic N) is 4. The van der Waals surface area contributed by atoms with Crippen molar-refractivity contribution in [2.45, 2.75) is 13.3 Å². The Morgan fingerprint density at radius 3 is 2.69 bits per heavy atom. The first-order valence-corrected chi connectivity index (χ1v) is 9.91. The van der Waals surface area contributed by atoms with E-state index in [1.807, 2.05) is 47.8 Å². The quantitative estimate of drug-likeness (QED) is 0.553. The average molecular weight is 405 g/mol. The molecule has 0 unspecified atom stereocenters. The van der Waals surface area contributed by atoms with Gasteiger partial charge < -0.3 is 5.32 Å². The normalized spacial score (nSPS) is 10.8. The van der Waals surface area contributed by atoms with Crippen molar-refractivity contribution in [2.24, 2.45) is 7.05 Å². The van der Waals surface area contributed by atoms with Gasteiger partial charge in [0.2, 0.25) is 5.91 Å². The Hall–Kier alpha value is -3.52. The van der Waals surface area contributed by atoms with E-state index in [9.17, 15) is 9.59 Å². The number of aromatic nitrogens is 4. The van der Waals surface area contributed by atoms with Crippen molar-refractivity contribution in [2.75, 3.05) is 5.32 Å². The summed E-state index contributed by atoms with van der Waals surface area (Å²) in [5.74, 6) is -0.279. The molecular weight excluding hydrogens is 386 g/mol. The SMILES string of the molecule is Cc1c(NC(=O)Cc2csc(-c3cccnc3)n2)c(=O)n(-c2ccccc2)n1C. The summed E-state index contributed by atoms with van der Waals surface area (Å²) in [4.78, 5) is 34.1. The van der Waals surface area contributed by atoms with Crippen LogP contribution in [0.3, 0.4) is 0 Å². The van der Waals surface area contributed by atoms with Crippen molar-refractivity contribution in [3.8, 4) is 16.3 Å². The lowest BCUT2D eigenvalue weighted by Gasteiger charge is -2.07. The molecule has 7 nitrogen and oxygen atoms in total. The van der Waals surface area contributed by atoms with Crippen LogP contribution in [0.15, 0.2) is 65.0 Å². The third-order valence-electron chi connectivity index (χ3n) is 4.62. The Morgan fingerprint density at radius 2 is 1.97 bits per heavy atom. The molecular formula is C21H19N5O2S. The van der Waals surface area contributed by atoms with Gasteiger partial charge in [0.05, 0.1) is 23.5 Å². The van der Waals surface area contributed by atoms with Crippen molar-refractivity contribution in [1.29, 1.82) is 0 Å². The number of hydrogen-bond acceptors (Lipinski definition) is 5. The van der Waals surface area contributed by atoms with Crippen molar-refractivity contribution in [3.05, 3.63) is 82.0 Å². The number of hydrogen-bond donors (Lipinski definition) is 1. The van der Waals surface area contributed by atoms with Crippen LogP contribution in [0.2, 0.25) is 0 Å². The highest BCUT2D eigenvalue weighted by atomic mass is 32.1. The molecule has 29 heavy (non-hydrogen) atoms. The second-order valence-electron chi connectivity index (χ2n) is 6.55. The van der Waals surface area contributed by atoms with Gasteiger partial charge in [0.1, 0.15) is 10.7 Å². The maximum atomic E-state index is 12.9. The molecule has 0 radical (unpaired) electrons. The van der Waals surface area contributed by atoms with Gasteiger partial charge in [-0.1, -0.05) is 18.2 Å². The summed E-state index contributed by atoms with van der Waals surface area (Å²) >= 11 is 1.46. The van der Waals surface area contributed by atoms with Crippen LogP contribution < -0.4 is 10.9 Å². The first kappa shape index (κ1) is 18.8. The highest BCUT2D eigenvalue weighted by molar-refractivity contribution is 7.13. The number of rotatable bonds is 5. The zero-order valence-electron chi connectivity index (χ0n) is 16.0. The van der Waals surface area contributed by atoms with Gasteiger partial charge in [0.25, 0.3) is 5.56 Å². The van der Waals surface area contributed by atoms with Gasteiger partial charge in [0.15, 0.2) is 0 Å². The molecule has 0 aliphatic rings. The average Bonchev–Trinajstić information content (AvgIpc) is 3.28. The summed E-state index contributed by atoms with van der Waals surface area (Å²) in [5, 5.41) is 5.42. The molecule has 0 saturated heterocycles. The summed E-state index contributed by atoms with van der Waals surface area (Å²) in [7, 11) is 1.79. The van der Waals surface area contributed by atoms with E-state index in [1.165, 1.54) is 16.0 Å². The molecule has 0 saturated carbocycles. The van der Waals surface area contributed by atoms with Crippen LogP contribution in [0.5, 0.6) is 0 Å². The molecule has 1 N–H and O–H groups in total. The molecule has 1 amide bonds. The smallest absolute Gasteiger partial charge is 0.295 e. The van der Waals surface area contributed by atoms with E-state index in [2.05, 4.69) is 15.3 Å². The first-order chi connectivity index (χ1) is 14.0. The lowest BCUT2D eigenvalue weighted by molar-refractivity contribution is -0.115. The molecule has 0 spiro atoms. The van der Waals surface area contributed by atoms with E-state index in [0.29, 0.717) is 11.4 Å². The predicted molar refractivity (Wildman–Crippen MR) is 113 cm³/mol. The lowest BCUT2D eigenvalue weighted by atomic mass is 10.3. The van der Waals surface area contributed by atoms with Crippen molar-refractivity contribution in [3.63, 3.8) is 0 Å². The van der Waals surface area contributed by atoms with Crippen LogP contribution in [0.25, 0.3) is 16.3 Å². The standard InChI is InChI=1S/C21H19N5O2S/c1-14-19(21(28)26(25(14)2)17-8-4-3-5-9-17)24-18(27)11-16-13-29-20(23-16)15-7-6-10-22-12-15/h3-10,12-13H,11H2,1-2H3,(H,24,27). The van der Waals surface area contributed by atoms with Crippen LogP contribution >= 0.6 is 11.3 Å². The van der Waals surface area contributed by atoms with Gasteiger partial charge >= 0.3 is 0 Å². The van der Waals surface area contributed by atoms with Crippen LogP contribution in [0.4, 0.5) is 5.69 Å². The first-order valence-electron chi connectivity index (χ1n) is 9.03. The molecule has 4 aromatic rings. The molecule has 1 aromatic carbocycles. The zero-order chi connectivity index (χ0) is 20.4. The molecule has 0 aliphatic heterocycles. The summed E-state index contributed by atoms with van der Waals surface area (Å²) in [6, 6.07) is 13.1. The number of carbonyl (C=O) groups excluding carboxylic acids is 1. The highest BCUT2D eigenvalue weighted by Gasteiger charge is 2.18. The number of nitrogens with one attached hydrogen (secondary N) is 1. The second kappa shape index (κ2) is 7.84. The molecule has 0 atom stereocenters. The topological polar surface area (TPSA) is 81.8 Å². The Balaban J connectivity index is 1.54. The van der Waals surface area contributed by atoms with Crippen molar-refractivity contribution in [1.82, 2.24) is 19.3 Å². The molecule has 8 heteroatoms. The van der Waals surface area contributed by atoms with Crippen LogP contribution in [0, 0.1) is 6.92 Å². The molecule has 0 fully saturated rings. The molecule has 3 aromatic heterocycles. The number of benzene rings is 1. The minimum Gasteiger partial charge on any atom is -0.320 e. The fourth-order valence-electron chi connectivity index (χ4n) is 3.07. The third kappa shape index (κ3) is 3.74. The van der Waals surface area contributed by atoms with Gasteiger partial charge in [-0.2, -0.15) is 0 Å². The van der Waals surface area contributed by atoms with E-state index in [1.54, 1.807) is 31.0 Å². The number of amides is 1. The van der Waals surface area contributed by atoms with Crippen molar-refractivity contribution >= 4 is 22.9 Å². The van der Waals surface area contributed by atoms with Gasteiger partial charge in [-0.3, -0.25) is 19.3 Å². The maximum Gasteiger partial charge on any atom is 0.295 e. The van der Waals surface area contributed by atoms with E-state index < -0.39 is 0 Å². The van der Waals surface area contributed by atoms with Crippen molar-refractivity contribution < 1.29 is 4.79 Å². The van der Waals surface area contributed by atoms with E-state index in [4.69, 9.17) is 0 Å². The minimum absolute atomic E-state index is 0.0931. The van der Waals surface area contributed by atoms with Crippen LogP contribution in [-0.2, 0) is 18.3 Å². The van der Waals surface area contributed by atoms with Gasteiger partial charge in [-0.25, -0.2) is 9.67 Å².